The number of alkyl halides is 3. The number of aliphatic hydroxyl groups excluding tert-OH is 1. The standard InChI is InChI=1S/C36H31F5N.C13H24O2.Ir/c1-34(2,3)29-17-27(16-24-8-6-7-9-28(24)29)32-20-25(14-15-42-32)33-30(37)18-26(19-31(33)38)23-12-10-22(11-13-23)21-35(4,5)36(39,40)41;1-5-10(6-2)12(14)9-13(15)11(7-3)8-4;/h6-15,17-20H,21H2,1-5H3;9-11,14H,5-8H2,1-4H3;/q-1;;/b;12-9-;. The van der Waals surface area contributed by atoms with Gasteiger partial charge in [0, 0.05) is 49.9 Å². The van der Waals surface area contributed by atoms with Gasteiger partial charge in [-0.15, -0.1) is 29.1 Å². The van der Waals surface area contributed by atoms with Crippen molar-refractivity contribution >= 4 is 16.6 Å². The Morgan fingerprint density at radius 1 is 0.759 bits per heavy atom. The molecule has 313 valence electrons. The van der Waals surface area contributed by atoms with Crippen LogP contribution in [0, 0.1) is 35.0 Å². The maximum atomic E-state index is 15.5. The van der Waals surface area contributed by atoms with Gasteiger partial charge in [0.05, 0.1) is 16.7 Å². The number of ketones is 1. The van der Waals surface area contributed by atoms with Crippen LogP contribution in [0.5, 0.6) is 0 Å². The Bertz CT molecular complexity index is 2150. The molecule has 1 N–H and O–H groups in total. The molecule has 0 atom stereocenters. The van der Waals surface area contributed by atoms with Crippen molar-refractivity contribution in [2.24, 2.45) is 17.3 Å². The summed E-state index contributed by atoms with van der Waals surface area (Å²) in [6.45, 7) is 16.8. The molecule has 1 aromatic heterocycles. The van der Waals surface area contributed by atoms with Crippen molar-refractivity contribution in [2.45, 2.75) is 106 Å². The van der Waals surface area contributed by atoms with Crippen molar-refractivity contribution in [1.29, 1.82) is 0 Å². The van der Waals surface area contributed by atoms with Crippen molar-refractivity contribution in [3.05, 3.63) is 126 Å². The smallest absolute Gasteiger partial charge is 0.394 e. The Morgan fingerprint density at radius 2 is 1.33 bits per heavy atom. The number of hydrogen-bond acceptors (Lipinski definition) is 3. The fourth-order valence-electron chi connectivity index (χ4n) is 6.94. The van der Waals surface area contributed by atoms with E-state index >= 15 is 8.78 Å². The number of benzene rings is 4. The number of nitrogens with zero attached hydrogens (tertiary/aromatic N) is 1. The number of pyridine rings is 1. The van der Waals surface area contributed by atoms with E-state index < -0.39 is 23.2 Å². The van der Waals surface area contributed by atoms with Gasteiger partial charge in [-0.2, -0.15) is 13.2 Å². The summed E-state index contributed by atoms with van der Waals surface area (Å²) in [7, 11) is 0. The molecule has 0 aliphatic heterocycles. The molecule has 0 amide bonds. The van der Waals surface area contributed by atoms with E-state index in [1.54, 1.807) is 36.4 Å². The van der Waals surface area contributed by atoms with Gasteiger partial charge in [-0.25, -0.2) is 8.78 Å². The molecule has 1 heterocycles. The number of carbonyl (C=O) groups is 1. The van der Waals surface area contributed by atoms with E-state index in [1.165, 1.54) is 24.4 Å². The van der Waals surface area contributed by atoms with Crippen LogP contribution in [-0.4, -0.2) is 22.1 Å². The number of aromatic nitrogens is 1. The second-order valence-electron chi connectivity index (χ2n) is 16.4. The summed E-state index contributed by atoms with van der Waals surface area (Å²) in [5, 5.41) is 11.8. The third-order valence-corrected chi connectivity index (χ3v) is 10.7. The Kier molecular flexibility index (Phi) is 16.8. The minimum absolute atomic E-state index is 0. The molecule has 1 radical (unpaired) electrons. The third-order valence-electron chi connectivity index (χ3n) is 10.7. The molecule has 0 saturated heterocycles. The van der Waals surface area contributed by atoms with E-state index in [-0.39, 0.29) is 60.9 Å². The summed E-state index contributed by atoms with van der Waals surface area (Å²) in [4.78, 5) is 16.2. The first-order chi connectivity index (χ1) is 26.7. The summed E-state index contributed by atoms with van der Waals surface area (Å²) in [5.74, 6) is -0.948. The van der Waals surface area contributed by atoms with Gasteiger partial charge in [-0.1, -0.05) is 122 Å². The molecule has 0 aliphatic rings. The summed E-state index contributed by atoms with van der Waals surface area (Å²) in [6.07, 6.45) is 1.89. The molecule has 0 aliphatic carbocycles. The minimum atomic E-state index is -4.35. The largest absolute Gasteiger partial charge is 0.512 e. The molecular formula is C49H55F5IrNO2-. The first-order valence-corrected chi connectivity index (χ1v) is 19.8. The van der Waals surface area contributed by atoms with E-state index in [0.29, 0.717) is 27.9 Å². The van der Waals surface area contributed by atoms with Gasteiger partial charge in [-0.05, 0) is 78.0 Å². The molecule has 5 rings (SSSR count). The van der Waals surface area contributed by atoms with Crippen LogP contribution in [0.3, 0.4) is 0 Å². The molecule has 58 heavy (non-hydrogen) atoms. The molecule has 9 heteroatoms. The molecule has 5 aromatic rings. The van der Waals surface area contributed by atoms with Crippen LogP contribution in [0.4, 0.5) is 22.0 Å². The maximum Gasteiger partial charge on any atom is 0.394 e. The summed E-state index contributed by atoms with van der Waals surface area (Å²) in [6, 6.07) is 25.4. The van der Waals surface area contributed by atoms with Gasteiger partial charge in [0.25, 0.3) is 0 Å². The summed E-state index contributed by atoms with van der Waals surface area (Å²) >= 11 is 0. The van der Waals surface area contributed by atoms with E-state index in [4.69, 9.17) is 0 Å². The zero-order chi connectivity index (χ0) is 42.3. The molecule has 0 fully saturated rings. The Morgan fingerprint density at radius 3 is 1.86 bits per heavy atom. The number of hydrogen-bond donors (Lipinski definition) is 1. The summed E-state index contributed by atoms with van der Waals surface area (Å²) < 4.78 is 70.8. The van der Waals surface area contributed by atoms with Gasteiger partial charge in [-0.3, -0.25) is 9.78 Å². The van der Waals surface area contributed by atoms with Crippen molar-refractivity contribution in [3.63, 3.8) is 0 Å². The van der Waals surface area contributed by atoms with Crippen LogP contribution in [-0.2, 0) is 36.7 Å². The number of halogens is 5. The second kappa shape index (κ2) is 20.2. The van der Waals surface area contributed by atoms with E-state index in [0.717, 1.165) is 61.4 Å². The van der Waals surface area contributed by atoms with Gasteiger partial charge < -0.3 is 5.11 Å². The molecule has 0 spiro atoms. The van der Waals surface area contributed by atoms with Crippen LogP contribution in [0.15, 0.2) is 96.9 Å². The maximum absolute atomic E-state index is 15.5. The van der Waals surface area contributed by atoms with Crippen LogP contribution < -0.4 is 0 Å². The zero-order valence-electron chi connectivity index (χ0n) is 34.9. The zero-order valence-corrected chi connectivity index (χ0v) is 37.3. The van der Waals surface area contributed by atoms with Gasteiger partial charge in [0.15, 0.2) is 5.78 Å². The van der Waals surface area contributed by atoms with E-state index in [1.807, 2.05) is 52.0 Å². The fraction of sp³-hybridized carbons (Fsp3) is 0.388. The Hall–Kier alpha value is -4.20. The number of carbonyl (C=O) groups excluding carboxylic acids is 1. The normalized spacial score (nSPS) is 12.4. The number of allylic oxidation sites excluding steroid dienone is 2. The van der Waals surface area contributed by atoms with Gasteiger partial charge in [0.2, 0.25) is 0 Å². The van der Waals surface area contributed by atoms with Crippen LogP contribution in [0.2, 0.25) is 0 Å². The number of aliphatic hydroxyl groups is 1. The SMILES string of the molecule is CC(C)(C)c1cc(-c2cc(-c3c(F)cc(-c4ccc(CC(C)(C)C(F)(F)F)cc4)cc3F)ccn2)[c-]c2ccccc12.CCC(CC)C(=O)/C=C(\O)C(CC)CC.[Ir]. The molecule has 0 bridgehead atoms. The van der Waals surface area contributed by atoms with Gasteiger partial charge >= 0.3 is 6.18 Å². The first-order valence-electron chi connectivity index (χ1n) is 19.8. The number of fused-ring (bicyclic) bond motifs is 1. The van der Waals surface area contributed by atoms with Gasteiger partial charge in [0.1, 0.15) is 11.6 Å². The van der Waals surface area contributed by atoms with Crippen molar-refractivity contribution in [3.8, 4) is 33.5 Å². The van der Waals surface area contributed by atoms with E-state index in [2.05, 4.69) is 37.9 Å². The quantitative estimate of drug-likeness (QED) is 0.0587. The molecule has 3 nitrogen and oxygen atoms in total. The second-order valence-corrected chi connectivity index (χ2v) is 16.4. The van der Waals surface area contributed by atoms with E-state index in [9.17, 15) is 23.1 Å². The van der Waals surface area contributed by atoms with Crippen LogP contribution >= 0.6 is 0 Å². The molecule has 4 aromatic carbocycles. The summed E-state index contributed by atoms with van der Waals surface area (Å²) in [5.41, 5.74) is 1.80. The number of rotatable bonds is 12. The predicted molar refractivity (Wildman–Crippen MR) is 223 cm³/mol. The first kappa shape index (κ1) is 48.2. The average molecular weight is 977 g/mol. The predicted octanol–water partition coefficient (Wildman–Crippen LogP) is 14.6. The molecule has 0 saturated carbocycles. The molecule has 0 unspecified atom stereocenters. The molecular weight excluding hydrogens is 922 g/mol. The Labute approximate surface area is 354 Å². The van der Waals surface area contributed by atoms with Crippen molar-refractivity contribution in [2.75, 3.05) is 0 Å². The fourth-order valence-corrected chi connectivity index (χ4v) is 6.94. The third kappa shape index (κ3) is 11.7. The Balaban J connectivity index is 0.000000480. The monoisotopic (exact) mass is 977 g/mol. The van der Waals surface area contributed by atoms with Crippen LogP contribution in [0.1, 0.15) is 99.1 Å². The average Bonchev–Trinajstić information content (AvgIpc) is 3.15. The van der Waals surface area contributed by atoms with Crippen molar-refractivity contribution < 1.29 is 52.0 Å². The minimum Gasteiger partial charge on any atom is -0.512 e. The topological polar surface area (TPSA) is 50.2 Å². The van der Waals surface area contributed by atoms with Crippen molar-refractivity contribution in [1.82, 2.24) is 4.98 Å². The van der Waals surface area contributed by atoms with Crippen LogP contribution in [0.25, 0.3) is 44.3 Å².